The minimum absolute atomic E-state index is 0.0388. The highest BCUT2D eigenvalue weighted by Gasteiger charge is 2.20. The summed E-state index contributed by atoms with van der Waals surface area (Å²) in [5.74, 6) is -0.587. The van der Waals surface area contributed by atoms with Crippen LogP contribution in [0.3, 0.4) is 0 Å². The van der Waals surface area contributed by atoms with Crippen molar-refractivity contribution in [2.24, 2.45) is 0 Å². The van der Waals surface area contributed by atoms with Crippen LogP contribution in [0.2, 0.25) is 0 Å². The predicted octanol–water partition coefficient (Wildman–Crippen LogP) is 4.82. The molecule has 1 amide bonds. The summed E-state index contributed by atoms with van der Waals surface area (Å²) in [6.07, 6.45) is 0.823. The molecule has 1 N–H and O–H groups in total. The van der Waals surface area contributed by atoms with Crippen molar-refractivity contribution in [3.8, 4) is 16.9 Å². The molecule has 0 bridgehead atoms. The Morgan fingerprint density at radius 1 is 1.19 bits per heavy atom. The van der Waals surface area contributed by atoms with E-state index in [0.717, 1.165) is 23.2 Å². The molecule has 0 radical (unpaired) electrons. The zero-order chi connectivity index (χ0) is 19.6. The molecule has 0 saturated carbocycles. The van der Waals surface area contributed by atoms with Gasteiger partial charge in [0, 0.05) is 11.6 Å². The van der Waals surface area contributed by atoms with E-state index in [4.69, 9.17) is 0 Å². The number of aromatic nitrogens is 2. The second-order valence-corrected chi connectivity index (χ2v) is 6.88. The number of benzene rings is 2. The van der Waals surface area contributed by atoms with Gasteiger partial charge in [-0.05, 0) is 57.0 Å². The number of nitrogens with zero attached hydrogens (tertiary/aromatic N) is 2. The molecule has 0 spiro atoms. The van der Waals surface area contributed by atoms with Gasteiger partial charge < -0.3 is 5.32 Å². The van der Waals surface area contributed by atoms with Crippen molar-refractivity contribution in [2.75, 3.05) is 0 Å². The second-order valence-electron chi connectivity index (χ2n) is 6.88. The summed E-state index contributed by atoms with van der Waals surface area (Å²) in [5.41, 5.74) is 4.12. The molecule has 1 heterocycles. The Morgan fingerprint density at radius 2 is 1.93 bits per heavy atom. The van der Waals surface area contributed by atoms with Gasteiger partial charge in [-0.15, -0.1) is 0 Å². The Bertz CT molecular complexity index is 977. The zero-order valence-corrected chi connectivity index (χ0v) is 16.1. The number of nitrogens with one attached hydrogen (secondary N) is 1. The Kier molecular flexibility index (Phi) is 5.40. The molecule has 3 rings (SSSR count). The summed E-state index contributed by atoms with van der Waals surface area (Å²) in [4.78, 5) is 12.9. The molecular formula is C22H24FN3O. The van der Waals surface area contributed by atoms with E-state index >= 15 is 0 Å². The van der Waals surface area contributed by atoms with Crippen LogP contribution in [0.4, 0.5) is 4.39 Å². The third-order valence-electron chi connectivity index (χ3n) is 4.66. The van der Waals surface area contributed by atoms with Crippen molar-refractivity contribution in [1.29, 1.82) is 0 Å². The van der Waals surface area contributed by atoms with Crippen LogP contribution in [0.1, 0.15) is 41.9 Å². The lowest BCUT2D eigenvalue weighted by molar-refractivity contribution is 0.0931. The van der Waals surface area contributed by atoms with Crippen molar-refractivity contribution in [3.63, 3.8) is 0 Å². The molecule has 27 heavy (non-hydrogen) atoms. The molecule has 4 nitrogen and oxygen atoms in total. The first kappa shape index (κ1) is 18.8. The predicted molar refractivity (Wildman–Crippen MR) is 106 cm³/mol. The SMILES string of the molecule is CC[C@H](C)NC(=O)c1cc(-c2ccccc2F)nn1-c1ccc(C)cc1C. The third-order valence-corrected chi connectivity index (χ3v) is 4.66. The van der Waals surface area contributed by atoms with Gasteiger partial charge in [0.25, 0.3) is 5.91 Å². The summed E-state index contributed by atoms with van der Waals surface area (Å²) < 4.78 is 15.9. The molecular weight excluding hydrogens is 341 g/mol. The highest BCUT2D eigenvalue weighted by molar-refractivity contribution is 5.94. The van der Waals surface area contributed by atoms with Gasteiger partial charge in [-0.25, -0.2) is 9.07 Å². The van der Waals surface area contributed by atoms with Crippen LogP contribution in [0.25, 0.3) is 16.9 Å². The normalized spacial score (nSPS) is 12.0. The first-order valence-corrected chi connectivity index (χ1v) is 9.14. The van der Waals surface area contributed by atoms with Gasteiger partial charge in [0.05, 0.1) is 11.4 Å². The molecule has 0 unspecified atom stereocenters. The molecule has 3 aromatic rings. The van der Waals surface area contributed by atoms with Gasteiger partial charge >= 0.3 is 0 Å². The van der Waals surface area contributed by atoms with Crippen LogP contribution >= 0.6 is 0 Å². The molecule has 140 valence electrons. The van der Waals surface area contributed by atoms with E-state index in [0.29, 0.717) is 17.0 Å². The van der Waals surface area contributed by atoms with Gasteiger partial charge in [-0.3, -0.25) is 4.79 Å². The zero-order valence-electron chi connectivity index (χ0n) is 16.1. The van der Waals surface area contributed by atoms with Gasteiger partial charge in [0.1, 0.15) is 11.5 Å². The minimum atomic E-state index is -0.364. The number of amides is 1. The van der Waals surface area contributed by atoms with Crippen molar-refractivity contribution in [1.82, 2.24) is 15.1 Å². The molecule has 5 heteroatoms. The lowest BCUT2D eigenvalue weighted by Gasteiger charge is -2.14. The molecule has 0 fully saturated rings. The van der Waals surface area contributed by atoms with E-state index in [2.05, 4.69) is 10.4 Å². The minimum Gasteiger partial charge on any atom is -0.348 e. The largest absolute Gasteiger partial charge is 0.348 e. The molecule has 0 aliphatic carbocycles. The lowest BCUT2D eigenvalue weighted by Crippen LogP contribution is -2.33. The maximum Gasteiger partial charge on any atom is 0.270 e. The van der Waals surface area contributed by atoms with E-state index < -0.39 is 0 Å². The number of carbonyl (C=O) groups excluding carboxylic acids is 1. The number of carbonyl (C=O) groups is 1. The Balaban J connectivity index is 2.15. The van der Waals surface area contributed by atoms with Gasteiger partial charge in [0.15, 0.2) is 0 Å². The van der Waals surface area contributed by atoms with Crippen molar-refractivity contribution in [2.45, 2.75) is 40.2 Å². The number of halogens is 1. The van der Waals surface area contributed by atoms with E-state index in [1.807, 2.05) is 45.9 Å². The monoisotopic (exact) mass is 365 g/mol. The standard InChI is InChI=1S/C22H24FN3O/c1-5-16(4)24-22(27)21-13-19(17-8-6-7-9-18(17)23)25-26(21)20-11-10-14(2)12-15(20)3/h6-13,16H,5H2,1-4H3,(H,24,27)/t16-/m0/s1. The molecule has 1 atom stereocenters. The topological polar surface area (TPSA) is 46.9 Å². The van der Waals surface area contributed by atoms with E-state index in [9.17, 15) is 9.18 Å². The molecule has 0 aliphatic heterocycles. The number of hydrogen-bond donors (Lipinski definition) is 1. The van der Waals surface area contributed by atoms with Gasteiger partial charge in [-0.1, -0.05) is 36.8 Å². The van der Waals surface area contributed by atoms with Crippen LogP contribution in [-0.2, 0) is 0 Å². The molecule has 1 aromatic heterocycles. The number of hydrogen-bond acceptors (Lipinski definition) is 2. The quantitative estimate of drug-likeness (QED) is 0.704. The highest BCUT2D eigenvalue weighted by atomic mass is 19.1. The summed E-state index contributed by atoms with van der Waals surface area (Å²) in [7, 11) is 0. The van der Waals surface area contributed by atoms with Crippen molar-refractivity contribution in [3.05, 3.63) is 71.2 Å². The van der Waals surface area contributed by atoms with Crippen LogP contribution in [0.15, 0.2) is 48.5 Å². The van der Waals surface area contributed by atoms with Crippen LogP contribution in [0, 0.1) is 19.7 Å². The van der Waals surface area contributed by atoms with Gasteiger partial charge in [0.2, 0.25) is 0 Å². The lowest BCUT2D eigenvalue weighted by atomic mass is 10.1. The first-order valence-electron chi connectivity index (χ1n) is 9.14. The Hall–Kier alpha value is -2.95. The molecule has 0 saturated heterocycles. The summed E-state index contributed by atoms with van der Waals surface area (Å²) in [5, 5.41) is 7.54. The third kappa shape index (κ3) is 3.92. The highest BCUT2D eigenvalue weighted by Crippen LogP contribution is 2.25. The Morgan fingerprint density at radius 3 is 2.59 bits per heavy atom. The van der Waals surface area contributed by atoms with Crippen molar-refractivity contribution < 1.29 is 9.18 Å². The summed E-state index contributed by atoms with van der Waals surface area (Å²) >= 11 is 0. The van der Waals surface area contributed by atoms with Gasteiger partial charge in [-0.2, -0.15) is 5.10 Å². The maximum atomic E-state index is 14.3. The van der Waals surface area contributed by atoms with Crippen molar-refractivity contribution >= 4 is 5.91 Å². The Labute approximate surface area is 159 Å². The second kappa shape index (κ2) is 7.74. The number of aryl methyl sites for hydroxylation is 2. The van der Waals surface area contributed by atoms with E-state index in [1.165, 1.54) is 6.07 Å². The van der Waals surface area contributed by atoms with Crippen LogP contribution in [-0.4, -0.2) is 21.7 Å². The van der Waals surface area contributed by atoms with Crippen LogP contribution < -0.4 is 5.32 Å². The average molecular weight is 365 g/mol. The fraction of sp³-hybridized carbons (Fsp3) is 0.273. The fourth-order valence-electron chi connectivity index (χ4n) is 2.97. The van der Waals surface area contributed by atoms with E-state index in [1.54, 1.807) is 28.9 Å². The summed E-state index contributed by atoms with van der Waals surface area (Å²) in [6.45, 7) is 7.95. The maximum absolute atomic E-state index is 14.3. The smallest absolute Gasteiger partial charge is 0.270 e. The fourth-order valence-corrected chi connectivity index (χ4v) is 2.97. The molecule has 0 aliphatic rings. The molecule has 2 aromatic carbocycles. The average Bonchev–Trinajstić information content (AvgIpc) is 3.07. The van der Waals surface area contributed by atoms with E-state index in [-0.39, 0.29) is 17.8 Å². The first-order chi connectivity index (χ1) is 12.9. The summed E-state index contributed by atoms with van der Waals surface area (Å²) in [6, 6.07) is 14.1. The van der Waals surface area contributed by atoms with Crippen LogP contribution in [0.5, 0.6) is 0 Å². The number of rotatable bonds is 5.